The smallest absolute Gasteiger partial charge is 0.261 e. The lowest BCUT2D eigenvalue weighted by Crippen LogP contribution is -2.34. The molecule has 4 rings (SSSR count). The molecule has 2 fully saturated rings. The maximum atomic E-state index is 13.3. The summed E-state index contributed by atoms with van der Waals surface area (Å²) < 4.78 is 0. The maximum absolute atomic E-state index is 13.3. The van der Waals surface area contributed by atoms with Crippen molar-refractivity contribution in [3.63, 3.8) is 0 Å². The second kappa shape index (κ2) is 9.84. The van der Waals surface area contributed by atoms with E-state index in [-0.39, 0.29) is 11.3 Å². The van der Waals surface area contributed by atoms with E-state index >= 15 is 0 Å². The van der Waals surface area contributed by atoms with E-state index in [1.807, 2.05) is 59.5 Å². The number of carbonyl (C=O) groups is 1. The zero-order chi connectivity index (χ0) is 20.1. The van der Waals surface area contributed by atoms with Gasteiger partial charge in [0, 0.05) is 11.6 Å². The fraction of sp³-hybridized carbons (Fsp3) is 0.375. The average Bonchev–Trinajstić information content (AvgIpc) is 3.05. The molecule has 0 saturated carbocycles. The van der Waals surface area contributed by atoms with Gasteiger partial charge in [0.15, 0.2) is 0 Å². The molecule has 152 valence electrons. The first-order valence-electron chi connectivity index (χ1n) is 10.4. The fourth-order valence-corrected chi connectivity index (χ4v) is 5.53. The molecule has 1 amide bonds. The summed E-state index contributed by atoms with van der Waals surface area (Å²) in [5.74, 6) is 0.127. The summed E-state index contributed by atoms with van der Waals surface area (Å²) in [5, 5.41) is 0.696. The largest absolute Gasteiger partial charge is 0.322 e. The van der Waals surface area contributed by atoms with E-state index in [0.717, 1.165) is 35.5 Å². The van der Waals surface area contributed by atoms with Crippen molar-refractivity contribution in [1.29, 1.82) is 0 Å². The number of nitrogens with zero attached hydrogens (tertiary/aromatic N) is 2. The fourth-order valence-electron chi connectivity index (χ4n) is 4.05. The Labute approximate surface area is 182 Å². The van der Waals surface area contributed by atoms with Crippen LogP contribution >= 0.6 is 23.4 Å². The Kier molecular flexibility index (Phi) is 6.96. The van der Waals surface area contributed by atoms with Gasteiger partial charge in [-0.2, -0.15) is 0 Å². The molecule has 2 aliphatic heterocycles. The number of halogens is 1. The van der Waals surface area contributed by atoms with Crippen molar-refractivity contribution in [2.75, 3.05) is 26.2 Å². The van der Waals surface area contributed by atoms with E-state index in [2.05, 4.69) is 11.0 Å². The number of likely N-dealkylation sites (tertiary alicyclic amines) is 1. The monoisotopic (exact) mass is 426 g/mol. The van der Waals surface area contributed by atoms with Gasteiger partial charge in [-0.1, -0.05) is 72.2 Å². The molecule has 2 aromatic carbocycles. The number of amides is 1. The highest BCUT2D eigenvalue weighted by Crippen LogP contribution is 2.46. The molecule has 0 spiro atoms. The summed E-state index contributed by atoms with van der Waals surface area (Å²) in [6.45, 7) is 4.22. The number of carbonyl (C=O) groups excluding carboxylic acids is 1. The average molecular weight is 427 g/mol. The van der Waals surface area contributed by atoms with Gasteiger partial charge in [0.25, 0.3) is 5.91 Å². The van der Waals surface area contributed by atoms with Gasteiger partial charge in [0.1, 0.15) is 5.37 Å². The lowest BCUT2D eigenvalue weighted by Gasteiger charge is -2.28. The number of hydrogen-bond acceptors (Lipinski definition) is 3. The molecule has 0 aliphatic carbocycles. The van der Waals surface area contributed by atoms with Crippen LogP contribution in [0, 0.1) is 0 Å². The maximum Gasteiger partial charge on any atom is 0.261 e. The highest BCUT2D eigenvalue weighted by molar-refractivity contribution is 8.04. The standard InChI is InChI=1S/C24H27ClN2OS/c25-21-12-7-11-20(18-21)24-27(16-8-15-26-13-5-2-6-14-26)23(28)22(29-24)17-19-9-3-1-4-10-19/h1,3-4,7,9-12,17-18,24H,2,5-6,8,13-16H2. The molecule has 1 unspecified atom stereocenters. The predicted molar refractivity (Wildman–Crippen MR) is 123 cm³/mol. The van der Waals surface area contributed by atoms with Crippen molar-refractivity contribution >= 4 is 35.3 Å². The minimum atomic E-state index is -0.0162. The molecule has 29 heavy (non-hydrogen) atoms. The van der Waals surface area contributed by atoms with E-state index in [4.69, 9.17) is 11.6 Å². The first kappa shape index (κ1) is 20.5. The van der Waals surface area contributed by atoms with Crippen LogP contribution in [-0.2, 0) is 4.79 Å². The van der Waals surface area contributed by atoms with Crippen molar-refractivity contribution in [2.24, 2.45) is 0 Å². The van der Waals surface area contributed by atoms with Gasteiger partial charge >= 0.3 is 0 Å². The van der Waals surface area contributed by atoms with Crippen LogP contribution in [0.15, 0.2) is 59.5 Å². The molecule has 2 saturated heterocycles. The Hall–Kier alpha value is -1.75. The second-order valence-electron chi connectivity index (χ2n) is 7.70. The number of rotatable bonds is 6. The van der Waals surface area contributed by atoms with Crippen LogP contribution in [0.2, 0.25) is 5.02 Å². The van der Waals surface area contributed by atoms with E-state index in [1.54, 1.807) is 11.8 Å². The number of hydrogen-bond donors (Lipinski definition) is 0. The van der Waals surface area contributed by atoms with Crippen molar-refractivity contribution in [2.45, 2.75) is 31.1 Å². The van der Waals surface area contributed by atoms with Crippen molar-refractivity contribution in [1.82, 2.24) is 9.80 Å². The summed E-state index contributed by atoms with van der Waals surface area (Å²) >= 11 is 7.88. The Balaban J connectivity index is 1.51. The summed E-state index contributed by atoms with van der Waals surface area (Å²) in [7, 11) is 0. The molecule has 3 nitrogen and oxygen atoms in total. The van der Waals surface area contributed by atoms with Crippen molar-refractivity contribution in [3.05, 3.63) is 75.7 Å². The van der Waals surface area contributed by atoms with Crippen molar-refractivity contribution < 1.29 is 4.79 Å². The minimum absolute atomic E-state index is 0.0162. The molecule has 0 bridgehead atoms. The van der Waals surface area contributed by atoms with E-state index in [0.29, 0.717) is 5.02 Å². The van der Waals surface area contributed by atoms with Gasteiger partial charge in [-0.25, -0.2) is 0 Å². The van der Waals surface area contributed by atoms with Crippen LogP contribution in [0.4, 0.5) is 0 Å². The molecular formula is C24H27ClN2OS. The third kappa shape index (κ3) is 5.25. The molecule has 2 heterocycles. The molecule has 2 aliphatic rings. The van der Waals surface area contributed by atoms with Crippen LogP contribution in [-0.4, -0.2) is 41.9 Å². The van der Waals surface area contributed by atoms with Gasteiger partial charge < -0.3 is 9.80 Å². The van der Waals surface area contributed by atoms with Gasteiger partial charge in [-0.15, -0.1) is 0 Å². The second-order valence-corrected chi connectivity index (χ2v) is 9.26. The SMILES string of the molecule is O=C1C(=Cc2ccccc2)SC(c2cccc(Cl)c2)N1CCCN1CCCCC1. The van der Waals surface area contributed by atoms with E-state index in [1.165, 1.54) is 32.4 Å². The number of thioether (sulfide) groups is 1. The topological polar surface area (TPSA) is 23.6 Å². The molecular weight excluding hydrogens is 400 g/mol. The summed E-state index contributed by atoms with van der Waals surface area (Å²) in [6, 6.07) is 18.0. The summed E-state index contributed by atoms with van der Waals surface area (Å²) in [5.41, 5.74) is 2.15. The Morgan fingerprint density at radius 1 is 1.00 bits per heavy atom. The molecule has 1 atom stereocenters. The third-order valence-electron chi connectivity index (χ3n) is 5.55. The quantitative estimate of drug-likeness (QED) is 0.543. The van der Waals surface area contributed by atoms with Gasteiger partial charge in [0.2, 0.25) is 0 Å². The third-order valence-corrected chi connectivity index (χ3v) is 7.08. The van der Waals surface area contributed by atoms with Crippen LogP contribution in [0.3, 0.4) is 0 Å². The molecule has 2 aromatic rings. The number of benzene rings is 2. The summed E-state index contributed by atoms with van der Waals surface area (Å²) in [6.07, 6.45) is 6.96. The van der Waals surface area contributed by atoms with Crippen molar-refractivity contribution in [3.8, 4) is 0 Å². The first-order valence-corrected chi connectivity index (χ1v) is 11.7. The van der Waals surface area contributed by atoms with E-state index < -0.39 is 0 Å². The minimum Gasteiger partial charge on any atom is -0.322 e. The normalized spacial score (nSPS) is 21.8. The number of piperidine rings is 1. The zero-order valence-corrected chi connectivity index (χ0v) is 18.2. The molecule has 0 aromatic heterocycles. The zero-order valence-electron chi connectivity index (χ0n) is 16.6. The van der Waals surface area contributed by atoms with Crippen LogP contribution in [0.1, 0.15) is 42.2 Å². The Morgan fingerprint density at radius 2 is 1.79 bits per heavy atom. The van der Waals surface area contributed by atoms with E-state index in [9.17, 15) is 4.79 Å². The van der Waals surface area contributed by atoms with Gasteiger partial charge in [0.05, 0.1) is 4.91 Å². The lowest BCUT2D eigenvalue weighted by atomic mass is 10.1. The predicted octanol–water partition coefficient (Wildman–Crippen LogP) is 5.83. The van der Waals surface area contributed by atoms with Crippen LogP contribution in [0.5, 0.6) is 0 Å². The van der Waals surface area contributed by atoms with Crippen LogP contribution < -0.4 is 0 Å². The summed E-state index contributed by atoms with van der Waals surface area (Å²) in [4.78, 5) is 18.6. The highest BCUT2D eigenvalue weighted by atomic mass is 35.5. The molecule has 0 radical (unpaired) electrons. The van der Waals surface area contributed by atoms with Gasteiger partial charge in [-0.05, 0) is 68.2 Å². The first-order chi connectivity index (χ1) is 14.2. The van der Waals surface area contributed by atoms with Crippen LogP contribution in [0.25, 0.3) is 6.08 Å². The molecule has 5 heteroatoms. The lowest BCUT2D eigenvalue weighted by molar-refractivity contribution is -0.126. The Morgan fingerprint density at radius 3 is 2.55 bits per heavy atom. The Bertz CT molecular complexity index is 864. The van der Waals surface area contributed by atoms with Gasteiger partial charge in [-0.3, -0.25) is 4.79 Å². The molecule has 0 N–H and O–H groups in total. The highest BCUT2D eigenvalue weighted by Gasteiger charge is 2.36.